The van der Waals surface area contributed by atoms with Gasteiger partial charge in [0.05, 0.1) is 6.21 Å². The Hall–Kier alpha value is -1.09. The Bertz CT molecular complexity index is 303. The molecule has 0 saturated heterocycles. The van der Waals surface area contributed by atoms with Gasteiger partial charge < -0.3 is 4.84 Å². The second-order valence-corrected chi connectivity index (χ2v) is 10.4. The molecule has 1 rings (SSSR count). The van der Waals surface area contributed by atoms with E-state index in [1.165, 1.54) is 0 Å². The summed E-state index contributed by atoms with van der Waals surface area (Å²) < 4.78 is 0. The van der Waals surface area contributed by atoms with Crippen LogP contribution in [-0.4, -0.2) is 20.9 Å². The summed E-state index contributed by atoms with van der Waals surface area (Å²) in [5.41, 5.74) is 1.07. The number of oxime groups is 1. The molecule has 0 aliphatic carbocycles. The van der Waals surface area contributed by atoms with Gasteiger partial charge in [-0.3, -0.25) is 0 Å². The number of hydrogen-bond acceptors (Lipinski definition) is 2. The van der Waals surface area contributed by atoms with E-state index in [-0.39, 0.29) is 0 Å². The first-order valence-electron chi connectivity index (χ1n) is 5.28. The summed E-state index contributed by atoms with van der Waals surface area (Å²) in [6, 6.07) is 11.1. The van der Waals surface area contributed by atoms with Crippen molar-refractivity contribution in [3.05, 3.63) is 35.9 Å². The summed E-state index contributed by atoms with van der Waals surface area (Å²) >= 11 is 0. The van der Waals surface area contributed by atoms with Gasteiger partial charge in [-0.25, -0.2) is 0 Å². The molecule has 0 heterocycles. The molecule has 3 heteroatoms. The first kappa shape index (κ1) is 12.0. The molecule has 1 aromatic carbocycles. The molecule has 0 N–H and O–H groups in total. The second-order valence-electron chi connectivity index (χ2n) is 4.79. The number of rotatable bonds is 5. The Morgan fingerprint density at radius 1 is 1.20 bits per heavy atom. The summed E-state index contributed by atoms with van der Waals surface area (Å²) in [6.07, 6.45) is 1.75. The minimum Gasteiger partial charge on any atom is -0.396 e. The third-order valence-electron chi connectivity index (χ3n) is 2.02. The molecule has 0 radical (unpaired) electrons. The van der Waals surface area contributed by atoms with E-state index in [1.807, 2.05) is 30.3 Å². The van der Waals surface area contributed by atoms with Crippen LogP contribution in [0.3, 0.4) is 0 Å². The van der Waals surface area contributed by atoms with E-state index in [0.717, 1.165) is 18.2 Å². The maximum absolute atomic E-state index is 5.22. The van der Waals surface area contributed by atoms with Gasteiger partial charge in [-0.2, -0.15) is 0 Å². The van der Waals surface area contributed by atoms with E-state index >= 15 is 0 Å². The first-order chi connectivity index (χ1) is 7.08. The van der Waals surface area contributed by atoms with Crippen molar-refractivity contribution in [1.29, 1.82) is 0 Å². The van der Waals surface area contributed by atoms with Crippen LogP contribution in [-0.2, 0) is 4.84 Å². The molecule has 0 bridgehead atoms. The Labute approximate surface area is 93.0 Å². The highest BCUT2D eigenvalue weighted by Gasteiger charge is 2.11. The summed E-state index contributed by atoms with van der Waals surface area (Å²) in [4.78, 5) is 5.22. The third-order valence-corrected chi connectivity index (χ3v) is 3.72. The van der Waals surface area contributed by atoms with Crippen LogP contribution in [0.15, 0.2) is 35.5 Å². The van der Waals surface area contributed by atoms with Crippen LogP contribution in [0.25, 0.3) is 0 Å². The van der Waals surface area contributed by atoms with Gasteiger partial charge in [0.25, 0.3) is 0 Å². The maximum atomic E-state index is 5.22. The van der Waals surface area contributed by atoms with E-state index in [2.05, 4.69) is 24.8 Å². The van der Waals surface area contributed by atoms with Gasteiger partial charge in [-0.15, -0.1) is 0 Å². The lowest BCUT2D eigenvalue weighted by Gasteiger charge is -2.13. The summed E-state index contributed by atoms with van der Waals surface area (Å²) in [6.45, 7) is 7.73. The first-order valence-corrected chi connectivity index (χ1v) is 8.99. The molecule has 0 aliphatic heterocycles. The molecule has 0 aliphatic rings. The Kier molecular flexibility index (Phi) is 4.56. The Morgan fingerprint density at radius 2 is 1.87 bits per heavy atom. The van der Waals surface area contributed by atoms with E-state index in [1.54, 1.807) is 6.21 Å². The molecule has 15 heavy (non-hydrogen) atoms. The van der Waals surface area contributed by atoms with Crippen molar-refractivity contribution in [1.82, 2.24) is 0 Å². The molecule has 0 unspecified atom stereocenters. The standard InChI is InChI=1S/C12H19NOSi/c1-15(2,3)10-9-14-13-11-12-7-5-4-6-8-12/h4-8,11H,9-10H2,1-3H3. The van der Waals surface area contributed by atoms with Crippen LogP contribution < -0.4 is 0 Å². The molecule has 1 aromatic rings. The zero-order chi connectivity index (χ0) is 11.1. The molecule has 2 nitrogen and oxygen atoms in total. The second kappa shape index (κ2) is 5.71. The maximum Gasteiger partial charge on any atom is 0.114 e. The fraction of sp³-hybridized carbons (Fsp3) is 0.417. The zero-order valence-corrected chi connectivity index (χ0v) is 10.7. The van der Waals surface area contributed by atoms with Crippen molar-refractivity contribution in [3.63, 3.8) is 0 Å². The quantitative estimate of drug-likeness (QED) is 0.323. The minimum absolute atomic E-state index is 0.735. The van der Waals surface area contributed by atoms with Crippen LogP contribution in [0.2, 0.25) is 25.7 Å². The highest BCUT2D eigenvalue weighted by molar-refractivity contribution is 6.76. The molecule has 82 valence electrons. The summed E-state index contributed by atoms with van der Waals surface area (Å²) in [7, 11) is -0.985. The van der Waals surface area contributed by atoms with E-state index < -0.39 is 8.07 Å². The highest BCUT2D eigenvalue weighted by Crippen LogP contribution is 2.07. The van der Waals surface area contributed by atoms with Gasteiger partial charge in [0, 0.05) is 8.07 Å². The molecular weight excluding hydrogens is 202 g/mol. The predicted molar refractivity (Wildman–Crippen MR) is 68.1 cm³/mol. The van der Waals surface area contributed by atoms with Crippen LogP contribution in [0, 0.1) is 0 Å². The molecule has 0 saturated carbocycles. The predicted octanol–water partition coefficient (Wildman–Crippen LogP) is 3.38. The van der Waals surface area contributed by atoms with Crippen molar-refractivity contribution < 1.29 is 4.84 Å². The average Bonchev–Trinajstić information content (AvgIpc) is 2.17. The topological polar surface area (TPSA) is 21.6 Å². The van der Waals surface area contributed by atoms with E-state index in [9.17, 15) is 0 Å². The normalized spacial score (nSPS) is 11.9. The smallest absolute Gasteiger partial charge is 0.114 e. The molecular formula is C12H19NOSi. The van der Waals surface area contributed by atoms with E-state index in [4.69, 9.17) is 4.84 Å². The molecule has 0 aromatic heterocycles. The fourth-order valence-corrected chi connectivity index (χ4v) is 1.75. The highest BCUT2D eigenvalue weighted by atomic mass is 28.3. The lowest BCUT2D eigenvalue weighted by atomic mass is 10.2. The van der Waals surface area contributed by atoms with Crippen molar-refractivity contribution in [2.24, 2.45) is 5.16 Å². The van der Waals surface area contributed by atoms with Crippen LogP contribution in [0.4, 0.5) is 0 Å². The zero-order valence-electron chi connectivity index (χ0n) is 9.73. The molecule has 0 amide bonds. The van der Waals surface area contributed by atoms with Crippen molar-refractivity contribution in [3.8, 4) is 0 Å². The lowest BCUT2D eigenvalue weighted by Crippen LogP contribution is -2.21. The van der Waals surface area contributed by atoms with Gasteiger partial charge in [0.15, 0.2) is 0 Å². The van der Waals surface area contributed by atoms with Crippen LogP contribution in [0.5, 0.6) is 0 Å². The van der Waals surface area contributed by atoms with Gasteiger partial charge in [-0.1, -0.05) is 55.1 Å². The van der Waals surface area contributed by atoms with Crippen molar-refractivity contribution in [2.75, 3.05) is 6.61 Å². The SMILES string of the molecule is C[Si](C)(C)CCON=Cc1ccccc1. The Morgan fingerprint density at radius 3 is 2.47 bits per heavy atom. The third kappa shape index (κ3) is 6.07. The molecule has 0 fully saturated rings. The van der Waals surface area contributed by atoms with Gasteiger partial charge in [-0.05, 0) is 11.6 Å². The van der Waals surface area contributed by atoms with Crippen molar-refractivity contribution >= 4 is 14.3 Å². The Balaban J connectivity index is 2.24. The van der Waals surface area contributed by atoms with Crippen LogP contribution in [0.1, 0.15) is 5.56 Å². The minimum atomic E-state index is -0.985. The van der Waals surface area contributed by atoms with Crippen molar-refractivity contribution in [2.45, 2.75) is 25.7 Å². The monoisotopic (exact) mass is 221 g/mol. The fourth-order valence-electron chi connectivity index (χ4n) is 1.04. The average molecular weight is 221 g/mol. The molecule has 0 spiro atoms. The summed E-state index contributed by atoms with van der Waals surface area (Å²) in [5.74, 6) is 0. The summed E-state index contributed by atoms with van der Waals surface area (Å²) in [5, 5.41) is 3.94. The van der Waals surface area contributed by atoms with E-state index in [0.29, 0.717) is 0 Å². The van der Waals surface area contributed by atoms with Crippen LogP contribution >= 0.6 is 0 Å². The number of nitrogens with zero attached hydrogens (tertiary/aromatic N) is 1. The largest absolute Gasteiger partial charge is 0.396 e. The molecule has 0 atom stereocenters. The number of benzene rings is 1. The van der Waals surface area contributed by atoms with Gasteiger partial charge in [0.1, 0.15) is 6.61 Å². The lowest BCUT2D eigenvalue weighted by molar-refractivity contribution is 0.159. The van der Waals surface area contributed by atoms with Gasteiger partial charge >= 0.3 is 0 Å². The number of hydrogen-bond donors (Lipinski definition) is 0. The van der Waals surface area contributed by atoms with Gasteiger partial charge in [0.2, 0.25) is 0 Å².